The van der Waals surface area contributed by atoms with E-state index in [9.17, 15) is 4.79 Å². The van der Waals surface area contributed by atoms with Crippen LogP contribution in [-0.4, -0.2) is 65.7 Å². The van der Waals surface area contributed by atoms with E-state index < -0.39 is 5.60 Å². The van der Waals surface area contributed by atoms with Crippen LogP contribution in [0.1, 0.15) is 37.6 Å². The van der Waals surface area contributed by atoms with Gasteiger partial charge in [-0.2, -0.15) is 0 Å². The summed E-state index contributed by atoms with van der Waals surface area (Å²) in [6.45, 7) is 12.3. The van der Waals surface area contributed by atoms with Crippen molar-refractivity contribution in [2.24, 2.45) is 10.7 Å². The first kappa shape index (κ1) is 20.8. The second-order valence-corrected chi connectivity index (χ2v) is 7.68. The molecule has 0 atom stereocenters. The van der Waals surface area contributed by atoms with Gasteiger partial charge in [0.1, 0.15) is 11.4 Å². The monoisotopic (exact) mass is 377 g/mol. The Morgan fingerprint density at radius 1 is 1.22 bits per heavy atom. The van der Waals surface area contributed by atoms with Crippen molar-refractivity contribution in [1.82, 2.24) is 14.8 Å². The fraction of sp³-hybridized carbons (Fsp3) is 0.632. The number of hydrogen-bond acceptors (Lipinski definition) is 5. The van der Waals surface area contributed by atoms with E-state index in [4.69, 9.17) is 15.2 Å². The third kappa shape index (κ3) is 5.48. The minimum absolute atomic E-state index is 0.288. The van der Waals surface area contributed by atoms with Crippen LogP contribution in [0.25, 0.3) is 0 Å². The van der Waals surface area contributed by atoms with Gasteiger partial charge in [0.15, 0.2) is 5.96 Å². The molecule has 0 aromatic carbocycles. The standard InChI is InChI=1S/C19H31N5O3/c1-13-11-21-15(14(2)16(13)26-6)12-22-17(20)23-7-9-24(10-8-23)18(25)27-19(3,4)5/h11H,7-10,12H2,1-6H3,(H2,20,22). The Morgan fingerprint density at radius 3 is 2.37 bits per heavy atom. The van der Waals surface area contributed by atoms with E-state index in [0.717, 1.165) is 22.6 Å². The molecule has 2 rings (SSSR count). The zero-order valence-corrected chi connectivity index (χ0v) is 17.2. The molecule has 0 bridgehead atoms. The molecule has 1 fully saturated rings. The molecule has 8 nitrogen and oxygen atoms in total. The van der Waals surface area contributed by atoms with E-state index in [-0.39, 0.29) is 6.09 Å². The van der Waals surface area contributed by atoms with Gasteiger partial charge in [0, 0.05) is 43.5 Å². The number of aromatic nitrogens is 1. The SMILES string of the molecule is COc1c(C)cnc(CN=C(N)N2CCN(C(=O)OC(C)(C)C)CC2)c1C. The van der Waals surface area contributed by atoms with Crippen LogP contribution >= 0.6 is 0 Å². The van der Waals surface area contributed by atoms with Gasteiger partial charge in [-0.15, -0.1) is 0 Å². The highest BCUT2D eigenvalue weighted by molar-refractivity contribution is 5.78. The van der Waals surface area contributed by atoms with Gasteiger partial charge in [0.25, 0.3) is 0 Å². The second kappa shape index (κ2) is 8.45. The van der Waals surface area contributed by atoms with Gasteiger partial charge in [-0.25, -0.2) is 9.79 Å². The molecule has 0 saturated carbocycles. The van der Waals surface area contributed by atoms with Crippen molar-refractivity contribution in [3.63, 3.8) is 0 Å². The van der Waals surface area contributed by atoms with Crippen molar-refractivity contribution >= 4 is 12.1 Å². The topological polar surface area (TPSA) is 93.3 Å². The molecule has 27 heavy (non-hydrogen) atoms. The molecule has 0 spiro atoms. The summed E-state index contributed by atoms with van der Waals surface area (Å²) >= 11 is 0. The number of aryl methyl sites for hydroxylation is 1. The smallest absolute Gasteiger partial charge is 0.410 e. The maximum absolute atomic E-state index is 12.1. The highest BCUT2D eigenvalue weighted by Crippen LogP contribution is 2.24. The lowest BCUT2D eigenvalue weighted by Gasteiger charge is -2.36. The van der Waals surface area contributed by atoms with Crippen molar-refractivity contribution < 1.29 is 14.3 Å². The average Bonchev–Trinajstić information content (AvgIpc) is 2.60. The highest BCUT2D eigenvalue weighted by atomic mass is 16.6. The van der Waals surface area contributed by atoms with E-state index in [1.165, 1.54) is 0 Å². The number of piperazine rings is 1. The number of aliphatic imine (C=N–C) groups is 1. The fourth-order valence-electron chi connectivity index (χ4n) is 2.93. The molecule has 1 saturated heterocycles. The number of carbonyl (C=O) groups is 1. The quantitative estimate of drug-likeness (QED) is 0.640. The van der Waals surface area contributed by atoms with Crippen LogP contribution in [0.4, 0.5) is 4.79 Å². The lowest BCUT2D eigenvalue weighted by molar-refractivity contribution is 0.0186. The summed E-state index contributed by atoms with van der Waals surface area (Å²) in [5.74, 6) is 1.29. The number of amides is 1. The van der Waals surface area contributed by atoms with Gasteiger partial charge in [-0.05, 0) is 34.6 Å². The Balaban J connectivity index is 1.94. The minimum atomic E-state index is -0.491. The summed E-state index contributed by atoms with van der Waals surface area (Å²) < 4.78 is 10.8. The molecule has 0 unspecified atom stereocenters. The summed E-state index contributed by atoms with van der Waals surface area (Å²) in [6.07, 6.45) is 1.50. The fourth-order valence-corrected chi connectivity index (χ4v) is 2.93. The Morgan fingerprint density at radius 2 is 1.81 bits per heavy atom. The molecule has 1 aliphatic rings. The molecule has 0 aliphatic carbocycles. The van der Waals surface area contributed by atoms with E-state index in [0.29, 0.717) is 38.7 Å². The molecule has 2 N–H and O–H groups in total. The third-order valence-electron chi connectivity index (χ3n) is 4.40. The van der Waals surface area contributed by atoms with E-state index in [1.54, 1.807) is 18.2 Å². The number of carbonyl (C=O) groups excluding carboxylic acids is 1. The molecule has 8 heteroatoms. The molecule has 1 aromatic heterocycles. The van der Waals surface area contributed by atoms with Crippen LogP contribution in [-0.2, 0) is 11.3 Å². The largest absolute Gasteiger partial charge is 0.496 e. The van der Waals surface area contributed by atoms with Gasteiger partial charge < -0.3 is 25.0 Å². The molecule has 1 aliphatic heterocycles. The van der Waals surface area contributed by atoms with Crippen molar-refractivity contribution in [1.29, 1.82) is 0 Å². The summed E-state index contributed by atoms with van der Waals surface area (Å²) in [6, 6.07) is 0. The number of guanidine groups is 1. The molecule has 150 valence electrons. The van der Waals surface area contributed by atoms with Crippen molar-refractivity contribution in [3.8, 4) is 5.75 Å². The predicted molar refractivity (Wildman–Crippen MR) is 105 cm³/mol. The van der Waals surface area contributed by atoms with Crippen LogP contribution in [0.15, 0.2) is 11.2 Å². The van der Waals surface area contributed by atoms with E-state index in [1.807, 2.05) is 39.5 Å². The first-order valence-corrected chi connectivity index (χ1v) is 9.14. The van der Waals surface area contributed by atoms with E-state index in [2.05, 4.69) is 9.98 Å². The highest BCUT2D eigenvalue weighted by Gasteiger charge is 2.26. The lowest BCUT2D eigenvalue weighted by Crippen LogP contribution is -2.53. The molecular formula is C19H31N5O3. The van der Waals surface area contributed by atoms with Crippen LogP contribution in [0.3, 0.4) is 0 Å². The summed E-state index contributed by atoms with van der Waals surface area (Å²) in [7, 11) is 1.65. The number of rotatable bonds is 3. The number of ether oxygens (including phenoxy) is 2. The zero-order valence-electron chi connectivity index (χ0n) is 17.2. The van der Waals surface area contributed by atoms with Crippen molar-refractivity contribution in [2.75, 3.05) is 33.3 Å². The van der Waals surface area contributed by atoms with Gasteiger partial charge in [-0.3, -0.25) is 4.98 Å². The first-order valence-electron chi connectivity index (χ1n) is 9.14. The zero-order chi connectivity index (χ0) is 20.2. The van der Waals surface area contributed by atoms with Gasteiger partial charge in [0.2, 0.25) is 0 Å². The van der Waals surface area contributed by atoms with Crippen LogP contribution in [0.2, 0.25) is 0 Å². The Labute approximate surface area is 161 Å². The number of hydrogen-bond donors (Lipinski definition) is 1. The van der Waals surface area contributed by atoms with Gasteiger partial charge in [0.05, 0.1) is 19.3 Å². The first-order chi connectivity index (χ1) is 12.6. The van der Waals surface area contributed by atoms with Crippen molar-refractivity contribution in [2.45, 2.75) is 46.8 Å². The maximum atomic E-state index is 12.1. The third-order valence-corrected chi connectivity index (χ3v) is 4.40. The number of pyridine rings is 1. The Bertz CT molecular complexity index is 704. The second-order valence-electron chi connectivity index (χ2n) is 7.68. The number of nitrogens with zero attached hydrogens (tertiary/aromatic N) is 4. The summed E-state index contributed by atoms with van der Waals surface area (Å²) in [4.78, 5) is 24.7. The van der Waals surface area contributed by atoms with E-state index >= 15 is 0 Å². The normalized spacial score (nSPS) is 15.7. The Hall–Kier alpha value is -2.51. The predicted octanol–water partition coefficient (Wildman–Crippen LogP) is 2.07. The molecule has 1 amide bonds. The van der Waals surface area contributed by atoms with Crippen LogP contribution in [0.5, 0.6) is 5.75 Å². The minimum Gasteiger partial charge on any atom is -0.496 e. The maximum Gasteiger partial charge on any atom is 0.410 e. The average molecular weight is 377 g/mol. The van der Waals surface area contributed by atoms with Crippen molar-refractivity contribution in [3.05, 3.63) is 23.0 Å². The molecule has 2 heterocycles. The van der Waals surface area contributed by atoms with Crippen LogP contribution < -0.4 is 10.5 Å². The lowest BCUT2D eigenvalue weighted by atomic mass is 10.1. The number of methoxy groups -OCH3 is 1. The Kier molecular flexibility index (Phi) is 6.51. The summed E-state index contributed by atoms with van der Waals surface area (Å²) in [5, 5.41) is 0. The molecule has 0 radical (unpaired) electrons. The molecule has 1 aromatic rings. The van der Waals surface area contributed by atoms with Gasteiger partial charge >= 0.3 is 6.09 Å². The van der Waals surface area contributed by atoms with Crippen LogP contribution in [0, 0.1) is 13.8 Å². The number of nitrogens with two attached hydrogens (primary N) is 1. The molecular weight excluding hydrogens is 346 g/mol. The summed E-state index contributed by atoms with van der Waals surface area (Å²) in [5.41, 5.74) is 8.47. The van der Waals surface area contributed by atoms with Gasteiger partial charge in [-0.1, -0.05) is 0 Å².